The van der Waals surface area contributed by atoms with Gasteiger partial charge in [-0.1, -0.05) is 65.5 Å². The van der Waals surface area contributed by atoms with E-state index in [1.165, 1.54) is 0 Å². The van der Waals surface area contributed by atoms with E-state index in [-0.39, 0.29) is 0 Å². The Hall–Kier alpha value is 1.00. The molecule has 2 nitrogen and oxygen atoms in total. The van der Waals surface area contributed by atoms with Crippen molar-refractivity contribution in [2.75, 3.05) is 7.05 Å². The molecule has 0 unspecified atom stereocenters. The molecule has 0 heterocycles. The van der Waals surface area contributed by atoms with Crippen molar-refractivity contribution >= 4 is 41.2 Å². The van der Waals surface area contributed by atoms with Crippen LogP contribution in [0.3, 0.4) is 0 Å². The fourth-order valence-corrected chi connectivity index (χ4v) is 17.3. The molecule has 0 aromatic heterocycles. The lowest BCUT2D eigenvalue weighted by atomic mass is 11.6. The van der Waals surface area contributed by atoms with Crippen molar-refractivity contribution in [3.63, 3.8) is 0 Å². The van der Waals surface area contributed by atoms with Crippen LogP contribution in [0.4, 0.5) is 0 Å². The van der Waals surface area contributed by atoms with Crippen LogP contribution in [0.1, 0.15) is 0 Å². The largest absolute Gasteiger partial charge is 0.456 e. The number of hydrogen-bond acceptors (Lipinski definition) is 2. The van der Waals surface area contributed by atoms with E-state index in [0.717, 1.165) is 0 Å². The molecule has 0 spiro atoms. The molecule has 0 aliphatic carbocycles. The Morgan fingerprint density at radius 1 is 0.458 bits per heavy atom. The maximum absolute atomic E-state index is 5.90. The highest BCUT2D eigenvalue weighted by atomic mass is 28.4. The van der Waals surface area contributed by atoms with Crippen LogP contribution in [-0.4, -0.2) is 52.5 Å². The van der Waals surface area contributed by atoms with Crippen LogP contribution >= 0.6 is 0 Å². The van der Waals surface area contributed by atoms with Gasteiger partial charge in [0.1, 0.15) is 16.5 Å². The second-order valence-electron chi connectivity index (χ2n) is 12.2. The molecule has 0 aromatic carbocycles. The molecule has 0 amide bonds. The smallest absolute Gasteiger partial charge is 0.170 e. The Balaban J connectivity index is -0.000000291. The van der Waals surface area contributed by atoms with Crippen molar-refractivity contribution in [2.24, 2.45) is 0 Å². The summed E-state index contributed by atoms with van der Waals surface area (Å²) < 4.78 is 8.56. The average molecular weight is 426 g/mol. The third-order valence-corrected chi connectivity index (χ3v) is 15.6. The van der Waals surface area contributed by atoms with Crippen LogP contribution in [0.5, 0.6) is 0 Å². The van der Waals surface area contributed by atoms with Gasteiger partial charge in [0.2, 0.25) is 0 Å². The molecule has 24 heavy (non-hydrogen) atoms. The lowest BCUT2D eigenvalue weighted by molar-refractivity contribution is 0.559. The van der Waals surface area contributed by atoms with Crippen LogP contribution in [0.15, 0.2) is 0 Å². The van der Waals surface area contributed by atoms with Gasteiger partial charge in [-0.05, 0) is 46.3 Å². The van der Waals surface area contributed by atoms with E-state index in [4.69, 9.17) is 4.12 Å². The first-order chi connectivity index (χ1) is 9.86. The van der Waals surface area contributed by atoms with Crippen LogP contribution in [0.25, 0.3) is 0 Å². The van der Waals surface area contributed by atoms with Crippen molar-refractivity contribution in [3.8, 4) is 0 Å². The van der Waals surface area contributed by atoms with E-state index in [1.54, 1.807) is 0 Å². The third-order valence-electron chi connectivity index (χ3n) is 2.62. The van der Waals surface area contributed by atoms with Crippen molar-refractivity contribution in [1.29, 1.82) is 0 Å². The molecule has 0 bridgehead atoms. The molecule has 0 aliphatic heterocycles. The summed E-state index contributed by atoms with van der Waals surface area (Å²) in [5.74, 6) is 0. The van der Waals surface area contributed by atoms with Gasteiger partial charge in [0, 0.05) is 8.07 Å². The zero-order chi connectivity index (χ0) is 20.8. The lowest BCUT2D eigenvalue weighted by Crippen LogP contribution is -2.56. The van der Waals surface area contributed by atoms with Crippen LogP contribution in [0.2, 0.25) is 105 Å². The highest BCUT2D eigenvalue weighted by Crippen LogP contribution is 2.16. The van der Waals surface area contributed by atoms with Gasteiger partial charge in [0.05, 0.1) is 0 Å². The zero-order valence-corrected chi connectivity index (χ0v) is 25.4. The maximum Gasteiger partial charge on any atom is 0.170 e. The van der Waals surface area contributed by atoms with Crippen molar-refractivity contribution in [2.45, 2.75) is 105 Å². The lowest BCUT2D eigenvalue weighted by Gasteiger charge is -2.40. The second-order valence-corrected chi connectivity index (χ2v) is 38.0. The normalized spacial score (nSPS) is 13.8. The summed E-state index contributed by atoms with van der Waals surface area (Å²) in [5, 5.41) is 0. The van der Waals surface area contributed by atoms with E-state index in [0.29, 0.717) is 0 Å². The molecular formula is C17H51NOSi5. The van der Waals surface area contributed by atoms with E-state index >= 15 is 0 Å². The minimum Gasteiger partial charge on any atom is -0.456 e. The molecule has 0 saturated carbocycles. The Labute approximate surface area is 161 Å². The first kappa shape index (κ1) is 29.8. The summed E-state index contributed by atoms with van der Waals surface area (Å²) in [5.41, 5.74) is 0. The summed E-state index contributed by atoms with van der Waals surface area (Å²) in [4.78, 5) is 0. The van der Waals surface area contributed by atoms with Gasteiger partial charge in [-0.3, -0.25) is 0 Å². The summed E-state index contributed by atoms with van der Waals surface area (Å²) >= 11 is 0. The summed E-state index contributed by atoms with van der Waals surface area (Å²) in [7, 11) is -2.78. The average Bonchev–Trinajstić information content (AvgIpc) is 2.04. The molecule has 0 saturated heterocycles. The first-order valence-electron chi connectivity index (χ1n) is 9.30. The second kappa shape index (κ2) is 10.4. The highest BCUT2D eigenvalue weighted by molar-refractivity contribution is 6.89. The minimum absolute atomic E-state index is 0.611. The Morgan fingerprint density at radius 3 is 0.625 bits per heavy atom. The number of rotatable bonds is 4. The van der Waals surface area contributed by atoms with Crippen molar-refractivity contribution in [1.82, 2.24) is 4.23 Å². The summed E-state index contributed by atoms with van der Waals surface area (Å²) in [6.07, 6.45) is 0. The summed E-state index contributed by atoms with van der Waals surface area (Å²) in [6.45, 7) is 37.2. The van der Waals surface area contributed by atoms with Gasteiger partial charge < -0.3 is 8.35 Å². The third kappa shape index (κ3) is 30.8. The molecular weight excluding hydrogens is 375 g/mol. The zero-order valence-electron chi connectivity index (χ0n) is 20.4. The fourth-order valence-electron chi connectivity index (χ4n) is 1.92. The fraction of sp³-hybridized carbons (Fsp3) is 1.00. The van der Waals surface area contributed by atoms with E-state index in [2.05, 4.69) is 116 Å². The molecule has 0 aromatic rings. The molecule has 150 valence electrons. The minimum atomic E-state index is -1.23. The standard InChI is InChI=1S/C7H21NSi2.C6H18OSi2.C4H12Si/c1-8(9(2,3)4)10(5,6)7;1-8(2,3)7-9(4,5)6;1-5(2,3)4/h1-7H3;1-6H3;1-4H3. The topological polar surface area (TPSA) is 12.5 Å². The van der Waals surface area contributed by atoms with Gasteiger partial charge in [0.15, 0.2) is 16.6 Å². The highest BCUT2D eigenvalue weighted by Gasteiger charge is 2.30. The van der Waals surface area contributed by atoms with Crippen LogP contribution in [0, 0.1) is 0 Å². The molecule has 0 fully saturated rings. The van der Waals surface area contributed by atoms with Gasteiger partial charge in [0.25, 0.3) is 0 Å². The summed E-state index contributed by atoms with van der Waals surface area (Å²) in [6, 6.07) is 0. The van der Waals surface area contributed by atoms with E-state index in [1.807, 2.05) is 0 Å². The number of hydrogen-bond donors (Lipinski definition) is 0. The maximum atomic E-state index is 5.90. The van der Waals surface area contributed by atoms with E-state index in [9.17, 15) is 0 Å². The van der Waals surface area contributed by atoms with Crippen LogP contribution in [-0.2, 0) is 4.12 Å². The SMILES string of the molecule is CN([Si](C)(C)C)[Si](C)(C)C.C[Si](C)(C)C.C[Si](C)(C)O[Si](C)(C)C. The molecule has 0 radical (unpaired) electrons. The van der Waals surface area contributed by atoms with Gasteiger partial charge in [-0.25, -0.2) is 0 Å². The Kier molecular flexibility index (Phi) is 12.9. The molecule has 0 N–H and O–H groups in total. The molecule has 7 heteroatoms. The monoisotopic (exact) mass is 425 g/mol. The van der Waals surface area contributed by atoms with Gasteiger partial charge in [-0.15, -0.1) is 0 Å². The van der Waals surface area contributed by atoms with Gasteiger partial charge in [-0.2, -0.15) is 0 Å². The van der Waals surface area contributed by atoms with Crippen molar-refractivity contribution in [3.05, 3.63) is 0 Å². The Morgan fingerprint density at radius 2 is 0.625 bits per heavy atom. The van der Waals surface area contributed by atoms with Gasteiger partial charge >= 0.3 is 0 Å². The Bertz CT molecular complexity index is 295. The quantitative estimate of drug-likeness (QED) is 0.441. The predicted octanol–water partition coefficient (Wildman–Crippen LogP) is 7.22. The predicted molar refractivity (Wildman–Crippen MR) is 131 cm³/mol. The van der Waals surface area contributed by atoms with Crippen molar-refractivity contribution < 1.29 is 4.12 Å². The number of nitrogens with zero attached hydrogens (tertiary/aromatic N) is 1. The molecule has 0 atom stereocenters. The molecule has 0 rings (SSSR count). The van der Waals surface area contributed by atoms with E-state index < -0.39 is 41.2 Å². The molecule has 0 aliphatic rings. The van der Waals surface area contributed by atoms with Crippen LogP contribution < -0.4 is 0 Å². The first-order valence-corrected chi connectivity index (χ1v) is 27.0.